The maximum atomic E-state index is 12.2. The van der Waals surface area contributed by atoms with E-state index in [1.807, 2.05) is 13.8 Å². The van der Waals surface area contributed by atoms with Gasteiger partial charge in [0.2, 0.25) is 0 Å². The van der Waals surface area contributed by atoms with Crippen LogP contribution in [0.4, 0.5) is 0 Å². The number of carbonyl (C=O) groups is 1. The van der Waals surface area contributed by atoms with Crippen LogP contribution in [0.3, 0.4) is 0 Å². The van der Waals surface area contributed by atoms with Crippen LogP contribution in [0, 0.1) is 13.8 Å². The van der Waals surface area contributed by atoms with Gasteiger partial charge in [0.25, 0.3) is 5.91 Å². The number of furan rings is 1. The van der Waals surface area contributed by atoms with Crippen LogP contribution in [-0.2, 0) is 0 Å². The molecule has 18 heavy (non-hydrogen) atoms. The Labute approximate surface area is 108 Å². The van der Waals surface area contributed by atoms with E-state index in [1.54, 1.807) is 6.07 Å². The molecule has 0 saturated heterocycles. The maximum Gasteiger partial charge on any atom is 0.255 e. The molecule has 0 aliphatic heterocycles. The molecule has 4 nitrogen and oxygen atoms in total. The Morgan fingerprint density at radius 1 is 1.33 bits per heavy atom. The standard InChI is InChI=1S/C14H22N2O2/c1-9-8-11(10(2)18-9)14(17)16-13-7-5-3-4-6-12(13)15/h8,12-13H,3-7,15H2,1-2H3,(H,16,17). The van der Waals surface area contributed by atoms with Crippen molar-refractivity contribution in [2.45, 2.75) is 58.0 Å². The molecule has 1 aliphatic rings. The zero-order valence-corrected chi connectivity index (χ0v) is 11.2. The molecule has 4 heteroatoms. The summed E-state index contributed by atoms with van der Waals surface area (Å²) < 4.78 is 5.38. The Hall–Kier alpha value is -1.29. The summed E-state index contributed by atoms with van der Waals surface area (Å²) in [7, 11) is 0. The molecule has 3 N–H and O–H groups in total. The summed E-state index contributed by atoms with van der Waals surface area (Å²) in [4.78, 5) is 12.2. The number of amides is 1. The Morgan fingerprint density at radius 2 is 2.06 bits per heavy atom. The van der Waals surface area contributed by atoms with Crippen molar-refractivity contribution in [3.05, 3.63) is 23.2 Å². The number of hydrogen-bond donors (Lipinski definition) is 2. The number of nitrogens with two attached hydrogens (primary N) is 1. The van der Waals surface area contributed by atoms with E-state index in [2.05, 4.69) is 5.32 Å². The first kappa shape index (κ1) is 13.1. The fraction of sp³-hybridized carbons (Fsp3) is 0.643. The van der Waals surface area contributed by atoms with Gasteiger partial charge in [-0.2, -0.15) is 0 Å². The van der Waals surface area contributed by atoms with Crippen molar-refractivity contribution in [1.29, 1.82) is 0 Å². The lowest BCUT2D eigenvalue weighted by atomic mass is 10.0. The van der Waals surface area contributed by atoms with E-state index >= 15 is 0 Å². The molecule has 0 radical (unpaired) electrons. The number of aryl methyl sites for hydroxylation is 2. The minimum Gasteiger partial charge on any atom is -0.466 e. The largest absolute Gasteiger partial charge is 0.466 e. The monoisotopic (exact) mass is 250 g/mol. The molecule has 1 fully saturated rings. The zero-order chi connectivity index (χ0) is 13.1. The predicted octanol–water partition coefficient (Wildman–Crippen LogP) is 2.29. The number of nitrogens with one attached hydrogen (secondary N) is 1. The van der Waals surface area contributed by atoms with Crippen LogP contribution in [-0.4, -0.2) is 18.0 Å². The molecule has 100 valence electrons. The number of hydrogen-bond acceptors (Lipinski definition) is 3. The van der Waals surface area contributed by atoms with Gasteiger partial charge in [-0.3, -0.25) is 4.79 Å². The van der Waals surface area contributed by atoms with Crippen molar-refractivity contribution in [1.82, 2.24) is 5.32 Å². The van der Waals surface area contributed by atoms with Crippen LogP contribution in [0.15, 0.2) is 10.5 Å². The van der Waals surface area contributed by atoms with Crippen LogP contribution >= 0.6 is 0 Å². The Kier molecular flexibility index (Phi) is 4.07. The fourth-order valence-electron chi connectivity index (χ4n) is 2.62. The quantitative estimate of drug-likeness (QED) is 0.791. The van der Waals surface area contributed by atoms with E-state index in [0.29, 0.717) is 11.3 Å². The van der Waals surface area contributed by atoms with Gasteiger partial charge in [-0.1, -0.05) is 19.3 Å². The summed E-state index contributed by atoms with van der Waals surface area (Å²) >= 11 is 0. The second-order valence-corrected chi connectivity index (χ2v) is 5.21. The molecule has 1 saturated carbocycles. The molecule has 1 heterocycles. The van der Waals surface area contributed by atoms with E-state index in [-0.39, 0.29) is 18.0 Å². The van der Waals surface area contributed by atoms with Crippen LogP contribution in [0.1, 0.15) is 54.0 Å². The molecule has 0 spiro atoms. The predicted molar refractivity (Wildman–Crippen MR) is 70.5 cm³/mol. The first-order valence-corrected chi connectivity index (χ1v) is 6.71. The van der Waals surface area contributed by atoms with Crippen LogP contribution in [0.25, 0.3) is 0 Å². The van der Waals surface area contributed by atoms with Crippen molar-refractivity contribution in [3.8, 4) is 0 Å². The zero-order valence-electron chi connectivity index (χ0n) is 11.2. The lowest BCUT2D eigenvalue weighted by molar-refractivity contribution is 0.0927. The van der Waals surface area contributed by atoms with Crippen molar-refractivity contribution >= 4 is 5.91 Å². The van der Waals surface area contributed by atoms with Gasteiger partial charge in [0.05, 0.1) is 5.56 Å². The SMILES string of the molecule is Cc1cc(C(=O)NC2CCCCCC2N)c(C)o1. The Bertz CT molecular complexity index is 425. The van der Waals surface area contributed by atoms with E-state index in [4.69, 9.17) is 10.2 Å². The summed E-state index contributed by atoms with van der Waals surface area (Å²) in [5.41, 5.74) is 6.74. The third-order valence-corrected chi connectivity index (χ3v) is 3.67. The molecule has 1 aromatic rings. The average Bonchev–Trinajstić information content (AvgIpc) is 2.52. The maximum absolute atomic E-state index is 12.2. The van der Waals surface area contributed by atoms with Gasteiger partial charge in [0.1, 0.15) is 11.5 Å². The van der Waals surface area contributed by atoms with E-state index < -0.39 is 0 Å². The molecular weight excluding hydrogens is 228 g/mol. The second kappa shape index (κ2) is 5.57. The highest BCUT2D eigenvalue weighted by molar-refractivity contribution is 5.95. The average molecular weight is 250 g/mol. The Balaban J connectivity index is 2.04. The minimum absolute atomic E-state index is 0.0632. The van der Waals surface area contributed by atoms with E-state index in [9.17, 15) is 4.79 Å². The van der Waals surface area contributed by atoms with Crippen molar-refractivity contribution in [3.63, 3.8) is 0 Å². The molecule has 2 atom stereocenters. The number of rotatable bonds is 2. The lowest BCUT2D eigenvalue weighted by Crippen LogP contribution is -2.47. The van der Waals surface area contributed by atoms with Crippen molar-refractivity contribution in [2.75, 3.05) is 0 Å². The summed E-state index contributed by atoms with van der Waals surface area (Å²) in [5.74, 6) is 1.38. The molecule has 1 aliphatic carbocycles. The van der Waals surface area contributed by atoms with Gasteiger partial charge < -0.3 is 15.5 Å². The van der Waals surface area contributed by atoms with Gasteiger partial charge in [-0.25, -0.2) is 0 Å². The van der Waals surface area contributed by atoms with Gasteiger partial charge in [0, 0.05) is 12.1 Å². The van der Waals surface area contributed by atoms with Crippen molar-refractivity contribution < 1.29 is 9.21 Å². The van der Waals surface area contributed by atoms with Gasteiger partial charge in [0.15, 0.2) is 0 Å². The summed E-state index contributed by atoms with van der Waals surface area (Å²) in [6, 6.07) is 1.95. The van der Waals surface area contributed by atoms with Gasteiger partial charge in [-0.15, -0.1) is 0 Å². The second-order valence-electron chi connectivity index (χ2n) is 5.21. The van der Waals surface area contributed by atoms with Crippen LogP contribution < -0.4 is 11.1 Å². The molecule has 2 rings (SSSR count). The van der Waals surface area contributed by atoms with Gasteiger partial charge >= 0.3 is 0 Å². The molecule has 0 aromatic carbocycles. The van der Waals surface area contributed by atoms with E-state index in [1.165, 1.54) is 6.42 Å². The minimum atomic E-state index is -0.0632. The highest BCUT2D eigenvalue weighted by atomic mass is 16.3. The summed E-state index contributed by atoms with van der Waals surface area (Å²) in [5, 5.41) is 3.06. The molecule has 1 amide bonds. The van der Waals surface area contributed by atoms with Crippen molar-refractivity contribution in [2.24, 2.45) is 5.73 Å². The summed E-state index contributed by atoms with van der Waals surface area (Å²) in [6.45, 7) is 3.66. The first-order chi connectivity index (χ1) is 8.58. The van der Waals surface area contributed by atoms with E-state index in [0.717, 1.165) is 31.4 Å². The molecule has 0 bridgehead atoms. The third kappa shape index (κ3) is 2.93. The van der Waals surface area contributed by atoms with Crippen LogP contribution in [0.5, 0.6) is 0 Å². The Morgan fingerprint density at radius 3 is 2.72 bits per heavy atom. The summed E-state index contributed by atoms with van der Waals surface area (Å²) in [6.07, 6.45) is 5.49. The highest BCUT2D eigenvalue weighted by Gasteiger charge is 2.23. The number of carbonyl (C=O) groups excluding carboxylic acids is 1. The smallest absolute Gasteiger partial charge is 0.255 e. The van der Waals surface area contributed by atoms with Crippen LogP contribution in [0.2, 0.25) is 0 Å². The fourth-order valence-corrected chi connectivity index (χ4v) is 2.62. The lowest BCUT2D eigenvalue weighted by Gasteiger charge is -2.22. The molecule has 1 aromatic heterocycles. The third-order valence-electron chi connectivity index (χ3n) is 3.67. The molecular formula is C14H22N2O2. The highest BCUT2D eigenvalue weighted by Crippen LogP contribution is 2.18. The normalized spacial score (nSPS) is 24.6. The van der Waals surface area contributed by atoms with Gasteiger partial charge in [-0.05, 0) is 32.8 Å². The topological polar surface area (TPSA) is 68.3 Å². The molecule has 2 unspecified atom stereocenters. The first-order valence-electron chi connectivity index (χ1n) is 6.71.